The Morgan fingerprint density at radius 3 is 2.70 bits per heavy atom. The molecule has 0 saturated carbocycles. The molecule has 0 bridgehead atoms. The maximum Gasteiger partial charge on any atom is 0.416 e. The maximum atomic E-state index is 13.7. The largest absolute Gasteiger partial charge is 0.492 e. The number of aromatic hydroxyl groups is 1. The SMILES string of the molecule is O=C(O)CNc1nc(O)c(C(Cc2ccc(Cl)cc2C(F)(F)F)=c2ccc3c(c2)C=NN=3)s1. The standard InChI is InChI=1S/C21H14ClF3N4O3S/c22-13-3-1-11(15(7-13)21(23,24)25)6-14(10-2-4-16-12(5-10)8-27-29-16)18-19(32)28-20(33-18)26-9-17(30)31/h1-5,7-8,32H,6,9H2,(H,26,28)(H,30,31). The molecule has 1 aliphatic heterocycles. The van der Waals surface area contributed by atoms with Gasteiger partial charge >= 0.3 is 12.1 Å². The number of carbonyl (C=O) groups is 1. The van der Waals surface area contributed by atoms with E-state index in [0.717, 1.165) is 17.4 Å². The van der Waals surface area contributed by atoms with Gasteiger partial charge in [-0.25, -0.2) is 0 Å². The molecule has 2 heterocycles. The Kier molecular flexibility index (Phi) is 6.09. The van der Waals surface area contributed by atoms with Gasteiger partial charge in [0.05, 0.1) is 22.0 Å². The molecule has 2 aromatic carbocycles. The Balaban J connectivity index is 1.89. The van der Waals surface area contributed by atoms with Gasteiger partial charge in [0.15, 0.2) is 5.13 Å². The summed E-state index contributed by atoms with van der Waals surface area (Å²) in [5.41, 5.74) is 0.0988. The molecule has 1 aromatic heterocycles. The lowest BCUT2D eigenvalue weighted by Crippen LogP contribution is -2.17. The summed E-state index contributed by atoms with van der Waals surface area (Å²) in [5.74, 6) is -1.56. The third-order valence-corrected chi connectivity index (χ3v) is 6.05. The average molecular weight is 495 g/mol. The molecule has 3 N–H and O–H groups in total. The number of alkyl halides is 3. The highest BCUT2D eigenvalue weighted by Gasteiger charge is 2.34. The van der Waals surface area contributed by atoms with Gasteiger partial charge < -0.3 is 15.5 Å². The van der Waals surface area contributed by atoms with Crippen molar-refractivity contribution in [3.05, 3.63) is 73.6 Å². The van der Waals surface area contributed by atoms with Gasteiger partial charge in [0.25, 0.3) is 0 Å². The van der Waals surface area contributed by atoms with Crippen molar-refractivity contribution in [1.29, 1.82) is 0 Å². The summed E-state index contributed by atoms with van der Waals surface area (Å²) < 4.78 is 41.1. The Labute approximate surface area is 193 Å². The molecule has 33 heavy (non-hydrogen) atoms. The lowest BCUT2D eigenvalue weighted by Gasteiger charge is -2.15. The number of anilines is 1. The highest BCUT2D eigenvalue weighted by molar-refractivity contribution is 7.17. The summed E-state index contributed by atoms with van der Waals surface area (Å²) in [4.78, 5) is 15.0. The number of halogens is 4. The molecule has 7 nitrogen and oxygen atoms in total. The van der Waals surface area contributed by atoms with Crippen LogP contribution >= 0.6 is 22.9 Å². The van der Waals surface area contributed by atoms with Crippen molar-refractivity contribution in [2.75, 3.05) is 11.9 Å². The van der Waals surface area contributed by atoms with Gasteiger partial charge in [-0.2, -0.15) is 28.4 Å². The summed E-state index contributed by atoms with van der Waals surface area (Å²) in [6.45, 7) is -0.437. The Bertz CT molecular complexity index is 1400. The quantitative estimate of drug-likeness (QED) is 0.487. The zero-order valence-corrected chi connectivity index (χ0v) is 18.1. The van der Waals surface area contributed by atoms with Crippen LogP contribution in [0.2, 0.25) is 5.02 Å². The molecule has 170 valence electrons. The second-order valence-corrected chi connectivity index (χ2v) is 8.43. The summed E-state index contributed by atoms with van der Waals surface area (Å²) in [7, 11) is 0. The van der Waals surface area contributed by atoms with E-state index in [4.69, 9.17) is 16.7 Å². The number of hydrogen-bond acceptors (Lipinski definition) is 7. The van der Waals surface area contributed by atoms with Crippen LogP contribution in [0.15, 0.2) is 46.6 Å². The Morgan fingerprint density at radius 1 is 1.18 bits per heavy atom. The highest BCUT2D eigenvalue weighted by Crippen LogP contribution is 2.38. The monoisotopic (exact) mass is 494 g/mol. The Morgan fingerprint density at radius 2 is 1.97 bits per heavy atom. The van der Waals surface area contributed by atoms with E-state index in [0.29, 0.717) is 21.7 Å². The minimum absolute atomic E-state index is 0.0476. The van der Waals surface area contributed by atoms with E-state index in [1.54, 1.807) is 18.2 Å². The predicted molar refractivity (Wildman–Crippen MR) is 117 cm³/mol. The molecule has 0 radical (unpaired) electrons. The van der Waals surface area contributed by atoms with Crippen LogP contribution in [0.5, 0.6) is 5.88 Å². The average Bonchev–Trinajstić information content (AvgIpc) is 3.36. The number of aliphatic carboxylic acids is 1. The van der Waals surface area contributed by atoms with E-state index in [1.165, 1.54) is 18.3 Å². The van der Waals surface area contributed by atoms with Crippen molar-refractivity contribution < 1.29 is 28.2 Å². The van der Waals surface area contributed by atoms with E-state index in [-0.39, 0.29) is 27.0 Å². The van der Waals surface area contributed by atoms with Gasteiger partial charge in [-0.1, -0.05) is 35.1 Å². The number of carboxylic acids is 1. The molecule has 0 saturated heterocycles. The molecular weight excluding hydrogens is 481 g/mol. The number of nitrogens with zero attached hydrogens (tertiary/aromatic N) is 3. The fourth-order valence-electron chi connectivity index (χ4n) is 3.30. The summed E-state index contributed by atoms with van der Waals surface area (Å²) >= 11 is 6.75. The van der Waals surface area contributed by atoms with Crippen LogP contribution in [0.1, 0.15) is 21.6 Å². The first-order chi connectivity index (χ1) is 15.6. The first-order valence-corrected chi connectivity index (χ1v) is 10.6. The van der Waals surface area contributed by atoms with E-state index >= 15 is 0 Å². The van der Waals surface area contributed by atoms with Crippen molar-refractivity contribution in [2.45, 2.75) is 12.6 Å². The third kappa shape index (κ3) is 4.99. The molecule has 3 aromatic rings. The zero-order valence-electron chi connectivity index (χ0n) is 16.5. The minimum atomic E-state index is -4.64. The van der Waals surface area contributed by atoms with Gasteiger partial charge in [-0.15, -0.1) is 0 Å². The van der Waals surface area contributed by atoms with E-state index in [2.05, 4.69) is 20.5 Å². The van der Waals surface area contributed by atoms with Gasteiger partial charge in [0.2, 0.25) is 5.88 Å². The van der Waals surface area contributed by atoms with E-state index in [1.807, 2.05) is 0 Å². The van der Waals surface area contributed by atoms with Gasteiger partial charge in [0.1, 0.15) is 6.54 Å². The molecular formula is C21H14ClF3N4O3S. The first-order valence-electron chi connectivity index (χ1n) is 9.37. The molecule has 0 fully saturated rings. The minimum Gasteiger partial charge on any atom is -0.492 e. The molecule has 0 atom stereocenters. The Hall–Kier alpha value is -3.44. The molecule has 4 rings (SSSR count). The molecule has 1 aliphatic rings. The van der Waals surface area contributed by atoms with Crippen LogP contribution in [0.3, 0.4) is 0 Å². The number of carboxylic acid groups (broad SMARTS) is 1. The van der Waals surface area contributed by atoms with Crippen molar-refractivity contribution >= 4 is 45.8 Å². The first kappa shape index (κ1) is 22.7. The lowest BCUT2D eigenvalue weighted by molar-refractivity contribution is -0.138. The van der Waals surface area contributed by atoms with Gasteiger partial charge in [0, 0.05) is 17.0 Å². The van der Waals surface area contributed by atoms with Crippen molar-refractivity contribution in [3.8, 4) is 5.88 Å². The fraction of sp³-hybridized carbons (Fsp3) is 0.143. The van der Waals surface area contributed by atoms with Crippen molar-refractivity contribution in [1.82, 2.24) is 4.98 Å². The van der Waals surface area contributed by atoms with E-state index < -0.39 is 30.1 Å². The predicted octanol–water partition coefficient (Wildman–Crippen LogP) is 3.43. The molecule has 0 unspecified atom stereocenters. The lowest BCUT2D eigenvalue weighted by atomic mass is 9.96. The zero-order chi connectivity index (χ0) is 23.8. The van der Waals surface area contributed by atoms with Crippen LogP contribution in [0, 0.1) is 0 Å². The summed E-state index contributed by atoms with van der Waals surface area (Å²) in [5, 5.41) is 30.9. The number of nitrogens with one attached hydrogen (secondary N) is 1. The fourth-order valence-corrected chi connectivity index (χ4v) is 4.39. The number of fused-ring (bicyclic) bond motifs is 1. The normalized spacial score (nSPS) is 13.5. The number of hydrogen-bond donors (Lipinski definition) is 3. The number of thiazole rings is 1. The van der Waals surface area contributed by atoms with Crippen LogP contribution in [0.4, 0.5) is 18.3 Å². The smallest absolute Gasteiger partial charge is 0.416 e. The number of rotatable bonds is 6. The van der Waals surface area contributed by atoms with Gasteiger partial charge in [-0.05, 0) is 40.6 Å². The second kappa shape index (κ2) is 8.83. The summed E-state index contributed by atoms with van der Waals surface area (Å²) in [6, 6.07) is 8.55. The second-order valence-electron chi connectivity index (χ2n) is 6.99. The molecule has 12 heteroatoms. The van der Waals surface area contributed by atoms with Gasteiger partial charge in [-0.3, -0.25) is 4.79 Å². The highest BCUT2D eigenvalue weighted by atomic mass is 35.5. The maximum absolute atomic E-state index is 13.7. The summed E-state index contributed by atoms with van der Waals surface area (Å²) in [6.07, 6.45) is -3.32. The van der Waals surface area contributed by atoms with Crippen LogP contribution < -0.4 is 15.9 Å². The molecule has 0 amide bonds. The number of benzene rings is 2. The third-order valence-electron chi connectivity index (χ3n) is 4.76. The van der Waals surface area contributed by atoms with Crippen molar-refractivity contribution in [2.24, 2.45) is 10.2 Å². The van der Waals surface area contributed by atoms with Crippen LogP contribution in [0.25, 0.3) is 5.57 Å². The topological polar surface area (TPSA) is 107 Å². The van der Waals surface area contributed by atoms with Crippen LogP contribution in [-0.4, -0.2) is 33.9 Å². The van der Waals surface area contributed by atoms with Crippen molar-refractivity contribution in [3.63, 3.8) is 0 Å². The number of aromatic nitrogens is 1. The van der Waals surface area contributed by atoms with E-state index in [9.17, 15) is 23.1 Å². The molecule has 0 aliphatic carbocycles. The van der Waals surface area contributed by atoms with Crippen LogP contribution in [-0.2, 0) is 17.4 Å². The molecule has 0 spiro atoms.